The van der Waals surface area contributed by atoms with Crippen molar-refractivity contribution in [2.75, 3.05) is 6.61 Å². The lowest BCUT2D eigenvalue weighted by molar-refractivity contribution is 0.0946. The van der Waals surface area contributed by atoms with Gasteiger partial charge in [0.1, 0.15) is 12.3 Å². The molecule has 3 aromatic rings. The number of ether oxygens (including phenoxy) is 1. The summed E-state index contributed by atoms with van der Waals surface area (Å²) >= 11 is 0. The lowest BCUT2D eigenvalue weighted by Gasteiger charge is -2.10. The van der Waals surface area contributed by atoms with E-state index in [2.05, 4.69) is 28.3 Å². The van der Waals surface area contributed by atoms with E-state index in [0.717, 1.165) is 12.8 Å². The zero-order valence-electron chi connectivity index (χ0n) is 17.1. The van der Waals surface area contributed by atoms with E-state index in [1.54, 1.807) is 48.7 Å². The van der Waals surface area contributed by atoms with Crippen LogP contribution in [0.5, 0.6) is 5.75 Å². The third kappa shape index (κ3) is 5.86. The van der Waals surface area contributed by atoms with E-state index in [0.29, 0.717) is 23.2 Å². The molecule has 0 bridgehead atoms. The average Bonchev–Trinajstić information content (AvgIpc) is 2.78. The summed E-state index contributed by atoms with van der Waals surface area (Å²) in [6.45, 7) is 2.52. The number of nitrogens with zero attached hydrogens (tertiary/aromatic N) is 2. The summed E-state index contributed by atoms with van der Waals surface area (Å²) in [5.74, 6) is -0.663. The topological polar surface area (TPSA) is 64.1 Å². The molecule has 1 aromatic carbocycles. The number of rotatable bonds is 10. The standard InChI is InChI=1S/C24H26FN3O2/c1-2-3-4-5-6-7-16-30-22-12-8-10-18(23(22)25)17-27-24(29)21-14-13-19-20(28-21)11-9-15-26-19/h6-15H,2-5,16-17H2,1H3,(H,27,29). The van der Waals surface area contributed by atoms with E-state index in [9.17, 15) is 9.18 Å². The van der Waals surface area contributed by atoms with Gasteiger partial charge in [-0.05, 0) is 43.2 Å². The van der Waals surface area contributed by atoms with Crippen LogP contribution in [0, 0.1) is 5.82 Å². The van der Waals surface area contributed by atoms with Crippen molar-refractivity contribution in [3.05, 3.63) is 77.9 Å². The van der Waals surface area contributed by atoms with Crippen molar-refractivity contribution in [1.82, 2.24) is 15.3 Å². The first-order valence-corrected chi connectivity index (χ1v) is 10.2. The average molecular weight is 407 g/mol. The van der Waals surface area contributed by atoms with Gasteiger partial charge in [0.05, 0.1) is 11.0 Å². The molecule has 2 aromatic heterocycles. The molecule has 0 spiro atoms. The molecule has 0 aliphatic carbocycles. The fourth-order valence-corrected chi connectivity index (χ4v) is 2.99. The third-order valence-corrected chi connectivity index (χ3v) is 4.65. The molecule has 5 nitrogen and oxygen atoms in total. The predicted molar refractivity (Wildman–Crippen MR) is 116 cm³/mol. The van der Waals surface area contributed by atoms with Crippen LogP contribution in [0.15, 0.2) is 60.8 Å². The largest absolute Gasteiger partial charge is 0.486 e. The van der Waals surface area contributed by atoms with Gasteiger partial charge in [-0.15, -0.1) is 0 Å². The number of hydrogen-bond donors (Lipinski definition) is 1. The van der Waals surface area contributed by atoms with Gasteiger partial charge >= 0.3 is 0 Å². The van der Waals surface area contributed by atoms with Crippen LogP contribution in [0.1, 0.15) is 48.7 Å². The number of nitrogens with one attached hydrogen (secondary N) is 1. The SMILES string of the molecule is CCCCCC=CCOc1cccc(CNC(=O)c2ccc3ncccc3n2)c1F. The monoisotopic (exact) mass is 407 g/mol. The minimum atomic E-state index is -0.465. The van der Waals surface area contributed by atoms with Gasteiger partial charge in [0.15, 0.2) is 11.6 Å². The first kappa shape index (κ1) is 21.4. The number of unbranched alkanes of at least 4 members (excludes halogenated alkanes) is 3. The summed E-state index contributed by atoms with van der Waals surface area (Å²) in [4.78, 5) is 20.9. The van der Waals surface area contributed by atoms with Gasteiger partial charge in [0, 0.05) is 18.3 Å². The first-order chi connectivity index (χ1) is 14.7. The van der Waals surface area contributed by atoms with E-state index in [1.807, 2.05) is 6.08 Å². The Morgan fingerprint density at radius 1 is 1.10 bits per heavy atom. The van der Waals surface area contributed by atoms with Crippen molar-refractivity contribution in [3.8, 4) is 5.75 Å². The number of carbonyl (C=O) groups excluding carboxylic acids is 1. The molecule has 1 N–H and O–H groups in total. The lowest BCUT2D eigenvalue weighted by Crippen LogP contribution is -2.24. The van der Waals surface area contributed by atoms with Crippen LogP contribution in [-0.2, 0) is 6.54 Å². The highest BCUT2D eigenvalue weighted by Crippen LogP contribution is 2.20. The number of pyridine rings is 2. The number of amides is 1. The lowest BCUT2D eigenvalue weighted by atomic mass is 10.2. The summed E-state index contributed by atoms with van der Waals surface area (Å²) in [7, 11) is 0. The van der Waals surface area contributed by atoms with Crippen molar-refractivity contribution in [1.29, 1.82) is 0 Å². The molecule has 0 saturated carbocycles. The van der Waals surface area contributed by atoms with Crippen LogP contribution in [0.4, 0.5) is 4.39 Å². The molecule has 2 heterocycles. The van der Waals surface area contributed by atoms with Gasteiger partial charge < -0.3 is 10.1 Å². The molecule has 156 valence electrons. The van der Waals surface area contributed by atoms with Crippen LogP contribution in [0.25, 0.3) is 11.0 Å². The second kappa shape index (κ2) is 11.0. The molecular formula is C24H26FN3O2. The molecule has 6 heteroatoms. The maximum absolute atomic E-state index is 14.7. The van der Waals surface area contributed by atoms with Crippen LogP contribution in [0.2, 0.25) is 0 Å². The third-order valence-electron chi connectivity index (χ3n) is 4.65. The van der Waals surface area contributed by atoms with Crippen molar-refractivity contribution in [2.45, 2.75) is 39.2 Å². The molecule has 0 unspecified atom stereocenters. The molecule has 1 amide bonds. The van der Waals surface area contributed by atoms with Gasteiger partial charge in [-0.1, -0.05) is 44.1 Å². The molecule has 0 atom stereocenters. The zero-order chi connectivity index (χ0) is 21.2. The molecule has 3 rings (SSSR count). The number of hydrogen-bond acceptors (Lipinski definition) is 4. The Bertz CT molecular complexity index is 1020. The van der Waals surface area contributed by atoms with Crippen molar-refractivity contribution in [2.24, 2.45) is 0 Å². The highest BCUT2D eigenvalue weighted by molar-refractivity contribution is 5.94. The van der Waals surface area contributed by atoms with E-state index in [-0.39, 0.29) is 23.9 Å². The first-order valence-electron chi connectivity index (χ1n) is 10.2. The second-order valence-electron chi connectivity index (χ2n) is 6.93. The number of allylic oxidation sites excluding steroid dienone is 1. The van der Waals surface area contributed by atoms with Crippen LogP contribution >= 0.6 is 0 Å². The molecule has 0 saturated heterocycles. The maximum Gasteiger partial charge on any atom is 0.270 e. The quantitative estimate of drug-likeness (QED) is 0.370. The summed E-state index contributed by atoms with van der Waals surface area (Å²) in [5, 5.41) is 2.71. The minimum Gasteiger partial charge on any atom is -0.486 e. The predicted octanol–water partition coefficient (Wildman–Crippen LogP) is 5.21. The summed E-state index contributed by atoms with van der Waals surface area (Å²) < 4.78 is 20.2. The Morgan fingerprint density at radius 3 is 2.87 bits per heavy atom. The molecule has 30 heavy (non-hydrogen) atoms. The van der Waals surface area contributed by atoms with Gasteiger partial charge in [-0.3, -0.25) is 9.78 Å². The zero-order valence-corrected chi connectivity index (χ0v) is 17.1. The van der Waals surface area contributed by atoms with Gasteiger partial charge in [0.25, 0.3) is 5.91 Å². The fourth-order valence-electron chi connectivity index (χ4n) is 2.99. The Labute approximate surface area is 176 Å². The maximum atomic E-state index is 14.7. The van der Waals surface area contributed by atoms with Gasteiger partial charge in [-0.2, -0.15) is 0 Å². The van der Waals surface area contributed by atoms with E-state index in [4.69, 9.17) is 4.74 Å². The number of carbonyl (C=O) groups is 1. The van der Waals surface area contributed by atoms with Crippen molar-refractivity contribution < 1.29 is 13.9 Å². The Balaban J connectivity index is 1.55. The van der Waals surface area contributed by atoms with Crippen LogP contribution < -0.4 is 10.1 Å². The second-order valence-corrected chi connectivity index (χ2v) is 6.93. The van der Waals surface area contributed by atoms with E-state index < -0.39 is 5.82 Å². The molecule has 0 radical (unpaired) electrons. The number of benzene rings is 1. The number of halogens is 1. The van der Waals surface area contributed by atoms with Crippen LogP contribution in [0.3, 0.4) is 0 Å². The number of fused-ring (bicyclic) bond motifs is 1. The molecule has 0 aliphatic heterocycles. The molecule has 0 aliphatic rings. The van der Waals surface area contributed by atoms with Crippen molar-refractivity contribution >= 4 is 16.9 Å². The van der Waals surface area contributed by atoms with E-state index in [1.165, 1.54) is 12.8 Å². The fraction of sp³-hybridized carbons (Fsp3) is 0.292. The summed E-state index contributed by atoms with van der Waals surface area (Å²) in [6.07, 6.45) is 10.2. The Hall–Kier alpha value is -3.28. The smallest absolute Gasteiger partial charge is 0.270 e. The van der Waals surface area contributed by atoms with Crippen LogP contribution in [-0.4, -0.2) is 22.5 Å². The summed E-state index contributed by atoms with van der Waals surface area (Å²) in [5.41, 5.74) is 1.96. The Kier molecular flexibility index (Phi) is 7.89. The highest BCUT2D eigenvalue weighted by Gasteiger charge is 2.12. The van der Waals surface area contributed by atoms with E-state index >= 15 is 0 Å². The molecular weight excluding hydrogens is 381 g/mol. The number of aromatic nitrogens is 2. The van der Waals surface area contributed by atoms with Gasteiger partial charge in [0.2, 0.25) is 0 Å². The summed E-state index contributed by atoms with van der Waals surface area (Å²) in [6, 6.07) is 11.8. The minimum absolute atomic E-state index is 0.0431. The Morgan fingerprint density at radius 2 is 2.00 bits per heavy atom. The normalized spacial score (nSPS) is 11.1. The highest BCUT2D eigenvalue weighted by atomic mass is 19.1. The van der Waals surface area contributed by atoms with Gasteiger partial charge in [-0.25, -0.2) is 9.37 Å². The van der Waals surface area contributed by atoms with Crippen molar-refractivity contribution in [3.63, 3.8) is 0 Å². The molecule has 0 fully saturated rings.